The van der Waals surface area contributed by atoms with Gasteiger partial charge in [-0.1, -0.05) is 6.07 Å². The first-order chi connectivity index (χ1) is 11.6. The molecule has 1 aromatic heterocycles. The molecule has 2 aromatic rings. The third-order valence-corrected chi connectivity index (χ3v) is 5.02. The van der Waals surface area contributed by atoms with E-state index in [1.807, 2.05) is 41.5 Å². The van der Waals surface area contributed by atoms with E-state index in [0.717, 1.165) is 16.6 Å². The van der Waals surface area contributed by atoms with Gasteiger partial charge in [0.1, 0.15) is 5.75 Å². The summed E-state index contributed by atoms with van der Waals surface area (Å²) in [7, 11) is -0.538. The van der Waals surface area contributed by atoms with Gasteiger partial charge in [-0.15, -0.1) is 0 Å². The van der Waals surface area contributed by atoms with Gasteiger partial charge in [0.2, 0.25) is 0 Å². The van der Waals surface area contributed by atoms with Gasteiger partial charge < -0.3 is 14.0 Å². The maximum atomic E-state index is 14.1. The van der Waals surface area contributed by atoms with E-state index in [1.165, 1.54) is 6.07 Å². The molecule has 1 aromatic carbocycles. The van der Waals surface area contributed by atoms with Crippen molar-refractivity contribution in [1.82, 2.24) is 4.98 Å². The van der Waals surface area contributed by atoms with E-state index < -0.39 is 24.1 Å². The monoisotopic (exact) mass is 343 g/mol. The molecule has 0 unspecified atom stereocenters. The molecule has 0 amide bonds. The van der Waals surface area contributed by atoms with Gasteiger partial charge in [0.25, 0.3) is 0 Å². The highest BCUT2D eigenvalue weighted by Gasteiger charge is 2.52. The van der Waals surface area contributed by atoms with Crippen LogP contribution in [0.4, 0.5) is 4.39 Å². The molecule has 0 bridgehead atoms. The molecule has 4 nitrogen and oxygen atoms in total. The molecule has 6 heteroatoms. The standard InChI is InChI=1S/C19H23BFNO3/c1-12-7-8-16(15(21)9-12)23-17-11-22-10-14(13(17)2)20-24-18(3,4)19(5,6)25-20/h7-11H,1-6H3. The third kappa shape index (κ3) is 3.28. The average molecular weight is 343 g/mol. The number of benzene rings is 1. The van der Waals surface area contributed by atoms with E-state index in [4.69, 9.17) is 14.0 Å². The van der Waals surface area contributed by atoms with Gasteiger partial charge in [0, 0.05) is 11.7 Å². The first-order valence-electron chi connectivity index (χ1n) is 8.35. The molecule has 0 radical (unpaired) electrons. The summed E-state index contributed by atoms with van der Waals surface area (Å²) in [6.45, 7) is 11.7. The zero-order chi connectivity index (χ0) is 18.4. The Morgan fingerprint density at radius 2 is 1.64 bits per heavy atom. The topological polar surface area (TPSA) is 40.6 Å². The Hall–Kier alpha value is -1.92. The van der Waals surface area contributed by atoms with Crippen molar-refractivity contribution in [3.8, 4) is 11.5 Å². The van der Waals surface area contributed by atoms with E-state index in [1.54, 1.807) is 24.5 Å². The Bertz CT molecular complexity index is 791. The maximum Gasteiger partial charge on any atom is 0.496 e. The summed E-state index contributed by atoms with van der Waals surface area (Å²) >= 11 is 0. The Labute approximate surface area is 148 Å². The van der Waals surface area contributed by atoms with Gasteiger partial charge in [0.15, 0.2) is 11.6 Å². The number of hydrogen-bond donors (Lipinski definition) is 0. The van der Waals surface area contributed by atoms with Gasteiger partial charge in [-0.3, -0.25) is 4.98 Å². The van der Waals surface area contributed by atoms with E-state index >= 15 is 0 Å². The van der Waals surface area contributed by atoms with Gasteiger partial charge in [-0.2, -0.15) is 0 Å². The number of nitrogens with zero attached hydrogens (tertiary/aromatic N) is 1. The zero-order valence-corrected chi connectivity index (χ0v) is 15.5. The van der Waals surface area contributed by atoms with Crippen LogP contribution < -0.4 is 10.2 Å². The van der Waals surface area contributed by atoms with Crippen LogP contribution >= 0.6 is 0 Å². The summed E-state index contributed by atoms with van der Waals surface area (Å²) < 4.78 is 32.0. The normalized spacial score (nSPS) is 18.4. The highest BCUT2D eigenvalue weighted by Crippen LogP contribution is 2.37. The molecule has 1 fully saturated rings. The number of aryl methyl sites for hydroxylation is 1. The van der Waals surface area contributed by atoms with Crippen LogP contribution in [-0.2, 0) is 9.31 Å². The lowest BCUT2D eigenvalue weighted by Gasteiger charge is -2.32. The summed E-state index contributed by atoms with van der Waals surface area (Å²) in [5.74, 6) is 0.247. The second-order valence-corrected chi connectivity index (χ2v) is 7.48. The van der Waals surface area contributed by atoms with Crippen molar-refractivity contribution in [3.63, 3.8) is 0 Å². The molecule has 3 rings (SSSR count). The molecule has 1 aliphatic rings. The minimum Gasteiger partial charge on any atom is -0.452 e. The van der Waals surface area contributed by atoms with Gasteiger partial charge in [0.05, 0.1) is 17.4 Å². The maximum absolute atomic E-state index is 14.1. The SMILES string of the molecule is Cc1ccc(Oc2cncc(B3OC(C)(C)C(C)(C)O3)c2C)c(F)c1. The van der Waals surface area contributed by atoms with Crippen LogP contribution in [0.2, 0.25) is 0 Å². The second kappa shape index (κ2) is 6.11. The Balaban J connectivity index is 1.91. The Kier molecular flexibility index (Phi) is 4.37. The number of pyridine rings is 1. The average Bonchev–Trinajstić information content (AvgIpc) is 2.72. The highest BCUT2D eigenvalue weighted by atomic mass is 19.1. The van der Waals surface area contributed by atoms with Gasteiger partial charge >= 0.3 is 7.12 Å². The van der Waals surface area contributed by atoms with E-state index in [0.29, 0.717) is 5.75 Å². The molecule has 0 saturated carbocycles. The van der Waals surface area contributed by atoms with Crippen molar-refractivity contribution in [2.45, 2.75) is 52.7 Å². The molecular weight excluding hydrogens is 320 g/mol. The van der Waals surface area contributed by atoms with Crippen LogP contribution in [-0.4, -0.2) is 23.3 Å². The molecule has 0 spiro atoms. The fourth-order valence-corrected chi connectivity index (χ4v) is 2.64. The lowest BCUT2D eigenvalue weighted by Crippen LogP contribution is -2.41. The second-order valence-electron chi connectivity index (χ2n) is 7.48. The van der Waals surface area contributed by atoms with Crippen LogP contribution in [0.25, 0.3) is 0 Å². The summed E-state index contributed by atoms with van der Waals surface area (Å²) in [4.78, 5) is 4.22. The van der Waals surface area contributed by atoms with E-state index in [2.05, 4.69) is 4.98 Å². The number of halogens is 1. The summed E-state index contributed by atoms with van der Waals surface area (Å²) in [6, 6.07) is 4.86. The van der Waals surface area contributed by atoms with Crippen molar-refractivity contribution in [3.05, 3.63) is 47.5 Å². The van der Waals surface area contributed by atoms with Gasteiger partial charge in [-0.05, 0) is 64.8 Å². The van der Waals surface area contributed by atoms with Crippen molar-refractivity contribution < 1.29 is 18.4 Å². The van der Waals surface area contributed by atoms with E-state index in [9.17, 15) is 4.39 Å². The molecule has 25 heavy (non-hydrogen) atoms. The molecular formula is C19H23BFNO3. The summed E-state index contributed by atoms with van der Waals surface area (Å²) in [6.07, 6.45) is 3.28. The summed E-state index contributed by atoms with van der Waals surface area (Å²) in [5, 5.41) is 0. The van der Waals surface area contributed by atoms with E-state index in [-0.39, 0.29) is 5.75 Å². The number of aromatic nitrogens is 1. The number of hydrogen-bond acceptors (Lipinski definition) is 4. The minimum atomic E-state index is -0.538. The molecule has 1 saturated heterocycles. The molecule has 132 valence electrons. The molecule has 0 N–H and O–H groups in total. The Morgan fingerprint density at radius 3 is 2.24 bits per heavy atom. The lowest BCUT2D eigenvalue weighted by atomic mass is 9.77. The fraction of sp³-hybridized carbons (Fsp3) is 0.421. The van der Waals surface area contributed by atoms with Crippen LogP contribution in [0.3, 0.4) is 0 Å². The first kappa shape index (κ1) is 17.9. The van der Waals surface area contributed by atoms with Crippen molar-refractivity contribution in [2.75, 3.05) is 0 Å². The van der Waals surface area contributed by atoms with Crippen molar-refractivity contribution >= 4 is 12.6 Å². The van der Waals surface area contributed by atoms with Crippen LogP contribution in [0.5, 0.6) is 11.5 Å². The van der Waals surface area contributed by atoms with Crippen LogP contribution in [0.1, 0.15) is 38.8 Å². The zero-order valence-electron chi connectivity index (χ0n) is 15.5. The third-order valence-electron chi connectivity index (χ3n) is 5.02. The lowest BCUT2D eigenvalue weighted by molar-refractivity contribution is 0.00578. The minimum absolute atomic E-state index is 0.168. The molecule has 2 heterocycles. The van der Waals surface area contributed by atoms with Crippen molar-refractivity contribution in [2.24, 2.45) is 0 Å². The van der Waals surface area contributed by atoms with Crippen molar-refractivity contribution in [1.29, 1.82) is 0 Å². The fourth-order valence-electron chi connectivity index (χ4n) is 2.64. The Morgan fingerprint density at radius 1 is 1.00 bits per heavy atom. The predicted octanol–water partition coefficient (Wildman–Crippen LogP) is 3.93. The summed E-state index contributed by atoms with van der Waals surface area (Å²) in [5.41, 5.74) is 1.55. The first-order valence-corrected chi connectivity index (χ1v) is 8.35. The van der Waals surface area contributed by atoms with Crippen LogP contribution in [0.15, 0.2) is 30.6 Å². The van der Waals surface area contributed by atoms with Gasteiger partial charge in [-0.25, -0.2) is 4.39 Å². The quantitative estimate of drug-likeness (QED) is 0.792. The van der Waals surface area contributed by atoms with Crippen LogP contribution in [0, 0.1) is 19.7 Å². The molecule has 1 aliphatic heterocycles. The number of rotatable bonds is 3. The smallest absolute Gasteiger partial charge is 0.452 e. The molecule has 0 atom stereocenters. The highest BCUT2D eigenvalue weighted by molar-refractivity contribution is 6.62. The predicted molar refractivity (Wildman–Crippen MR) is 95.9 cm³/mol. The molecule has 0 aliphatic carbocycles. The number of ether oxygens (including phenoxy) is 1. The largest absolute Gasteiger partial charge is 0.496 e.